The molecule has 1 unspecified atom stereocenters. The Labute approximate surface area is 215 Å². The lowest BCUT2D eigenvalue weighted by atomic mass is 10.1. The summed E-state index contributed by atoms with van der Waals surface area (Å²) in [5.74, 6) is -0.617. The number of rotatable bonds is 25. The van der Waals surface area contributed by atoms with Gasteiger partial charge < -0.3 is 14.6 Å². The summed E-state index contributed by atoms with van der Waals surface area (Å²) in [5, 5.41) is 9.42. The van der Waals surface area contributed by atoms with Gasteiger partial charge in [-0.2, -0.15) is 0 Å². The Morgan fingerprint density at radius 3 is 1.77 bits per heavy atom. The molecule has 0 bridgehead atoms. The zero-order valence-corrected chi connectivity index (χ0v) is 22.8. The minimum Gasteiger partial charge on any atom is -0.462 e. The molecule has 1 N–H and O–H groups in total. The highest BCUT2D eigenvalue weighted by Crippen LogP contribution is 2.11. The SMILES string of the molecule is CCCC/C=C\C/C=C\CCCCCCCC(=O)OC(CO)COC(=O)CCCCCCCCC. The molecular weight excluding hydrogens is 440 g/mol. The molecule has 5 heteroatoms. The summed E-state index contributed by atoms with van der Waals surface area (Å²) < 4.78 is 10.4. The maximum atomic E-state index is 12.0. The number of carbonyl (C=O) groups excluding carboxylic acids is 2. The van der Waals surface area contributed by atoms with Gasteiger partial charge in [0.1, 0.15) is 6.61 Å². The molecule has 0 aromatic rings. The van der Waals surface area contributed by atoms with E-state index in [0.717, 1.165) is 51.4 Å². The maximum absolute atomic E-state index is 12.0. The number of carbonyl (C=O) groups is 2. The molecule has 0 aromatic carbocycles. The van der Waals surface area contributed by atoms with E-state index in [1.54, 1.807) is 0 Å². The number of allylic oxidation sites excluding steroid dienone is 4. The van der Waals surface area contributed by atoms with Crippen LogP contribution in [0.15, 0.2) is 24.3 Å². The zero-order valence-electron chi connectivity index (χ0n) is 22.8. The number of unbranched alkanes of at least 4 members (excludes halogenated alkanes) is 13. The van der Waals surface area contributed by atoms with Crippen LogP contribution >= 0.6 is 0 Å². The molecule has 0 fully saturated rings. The lowest BCUT2D eigenvalue weighted by Crippen LogP contribution is -2.28. The third-order valence-electron chi connectivity index (χ3n) is 6.00. The molecule has 204 valence electrons. The summed E-state index contributed by atoms with van der Waals surface area (Å²) >= 11 is 0. The summed E-state index contributed by atoms with van der Waals surface area (Å²) in [6.45, 7) is 4.01. The average Bonchev–Trinajstić information content (AvgIpc) is 2.86. The van der Waals surface area contributed by atoms with Crippen molar-refractivity contribution in [2.75, 3.05) is 13.2 Å². The van der Waals surface area contributed by atoms with Gasteiger partial charge in [-0.25, -0.2) is 0 Å². The molecule has 5 nitrogen and oxygen atoms in total. The quantitative estimate of drug-likeness (QED) is 0.0790. The predicted octanol–water partition coefficient (Wildman–Crippen LogP) is 8.00. The molecule has 35 heavy (non-hydrogen) atoms. The third-order valence-corrected chi connectivity index (χ3v) is 6.00. The van der Waals surface area contributed by atoms with Gasteiger partial charge in [-0.15, -0.1) is 0 Å². The van der Waals surface area contributed by atoms with Crippen molar-refractivity contribution >= 4 is 11.9 Å². The Balaban J connectivity index is 3.64. The van der Waals surface area contributed by atoms with Crippen molar-refractivity contribution in [1.29, 1.82) is 0 Å². The van der Waals surface area contributed by atoms with Crippen molar-refractivity contribution in [1.82, 2.24) is 0 Å². The second kappa shape index (κ2) is 27.0. The molecule has 0 saturated carbocycles. The fourth-order valence-electron chi connectivity index (χ4n) is 3.74. The Hall–Kier alpha value is -1.62. The van der Waals surface area contributed by atoms with E-state index in [1.165, 1.54) is 57.8 Å². The van der Waals surface area contributed by atoms with Crippen LogP contribution in [0.3, 0.4) is 0 Å². The average molecular weight is 495 g/mol. The van der Waals surface area contributed by atoms with Crippen LogP contribution in [0.1, 0.15) is 136 Å². The van der Waals surface area contributed by atoms with Gasteiger partial charge in [0.2, 0.25) is 0 Å². The van der Waals surface area contributed by atoms with E-state index in [1.807, 2.05) is 0 Å². The fraction of sp³-hybridized carbons (Fsp3) is 0.800. The molecule has 0 aromatic heterocycles. The van der Waals surface area contributed by atoms with Gasteiger partial charge in [-0.3, -0.25) is 9.59 Å². The largest absolute Gasteiger partial charge is 0.462 e. The van der Waals surface area contributed by atoms with Crippen molar-refractivity contribution < 1.29 is 24.2 Å². The van der Waals surface area contributed by atoms with E-state index in [4.69, 9.17) is 9.47 Å². The van der Waals surface area contributed by atoms with E-state index >= 15 is 0 Å². The number of aliphatic hydroxyl groups is 1. The highest BCUT2D eigenvalue weighted by molar-refractivity contribution is 5.70. The van der Waals surface area contributed by atoms with Crippen LogP contribution in [0.4, 0.5) is 0 Å². The molecule has 1 atom stereocenters. The normalized spacial score (nSPS) is 12.4. The number of hydrogen-bond acceptors (Lipinski definition) is 5. The van der Waals surface area contributed by atoms with Crippen LogP contribution in [0.25, 0.3) is 0 Å². The van der Waals surface area contributed by atoms with Crippen LogP contribution in [-0.2, 0) is 19.1 Å². The smallest absolute Gasteiger partial charge is 0.306 e. The maximum Gasteiger partial charge on any atom is 0.306 e. The van der Waals surface area contributed by atoms with Gasteiger partial charge in [0, 0.05) is 12.8 Å². The molecule has 0 heterocycles. The Bertz CT molecular complexity index is 541. The zero-order chi connectivity index (χ0) is 25.8. The Morgan fingerprint density at radius 2 is 1.17 bits per heavy atom. The molecule has 0 aliphatic rings. The molecular formula is C30H54O5. The highest BCUT2D eigenvalue weighted by Gasteiger charge is 2.16. The Kier molecular flexibility index (Phi) is 25.7. The number of aliphatic hydroxyl groups excluding tert-OH is 1. The van der Waals surface area contributed by atoms with Crippen LogP contribution in [0, 0.1) is 0 Å². The number of hydrogen-bond donors (Lipinski definition) is 1. The number of ether oxygens (including phenoxy) is 2. The van der Waals surface area contributed by atoms with Crippen LogP contribution in [0.2, 0.25) is 0 Å². The monoisotopic (exact) mass is 494 g/mol. The Morgan fingerprint density at radius 1 is 0.657 bits per heavy atom. The molecule has 0 radical (unpaired) electrons. The van der Waals surface area contributed by atoms with Crippen molar-refractivity contribution in [2.24, 2.45) is 0 Å². The number of esters is 2. The van der Waals surface area contributed by atoms with Crippen molar-refractivity contribution in [3.8, 4) is 0 Å². The first kappa shape index (κ1) is 33.4. The van der Waals surface area contributed by atoms with E-state index in [0.29, 0.717) is 12.8 Å². The van der Waals surface area contributed by atoms with E-state index in [9.17, 15) is 14.7 Å². The standard InChI is InChI=1S/C30H54O5/c1-3-5-7-9-11-12-13-14-15-16-17-19-21-23-25-30(33)35-28(26-31)27-34-29(32)24-22-20-18-10-8-6-4-2/h9,11,13-14,28,31H,3-8,10,12,15-27H2,1-2H3/b11-9-,14-13-. The first-order chi connectivity index (χ1) is 17.1. The van der Waals surface area contributed by atoms with Crippen LogP contribution < -0.4 is 0 Å². The molecule has 0 saturated heterocycles. The van der Waals surface area contributed by atoms with Gasteiger partial charge in [-0.1, -0.05) is 109 Å². The minimum atomic E-state index is -0.770. The van der Waals surface area contributed by atoms with Gasteiger partial charge >= 0.3 is 11.9 Å². The van der Waals surface area contributed by atoms with Crippen molar-refractivity contribution in [3.63, 3.8) is 0 Å². The first-order valence-electron chi connectivity index (χ1n) is 14.4. The lowest BCUT2D eigenvalue weighted by Gasteiger charge is -2.15. The van der Waals surface area contributed by atoms with Crippen LogP contribution in [-0.4, -0.2) is 36.4 Å². The van der Waals surface area contributed by atoms with E-state index in [-0.39, 0.29) is 25.2 Å². The predicted molar refractivity (Wildman–Crippen MR) is 145 cm³/mol. The van der Waals surface area contributed by atoms with E-state index < -0.39 is 6.10 Å². The lowest BCUT2D eigenvalue weighted by molar-refractivity contribution is -0.161. The minimum absolute atomic E-state index is 0.0698. The second-order valence-electron chi connectivity index (χ2n) is 9.48. The fourth-order valence-corrected chi connectivity index (χ4v) is 3.74. The highest BCUT2D eigenvalue weighted by atomic mass is 16.6. The summed E-state index contributed by atoms with van der Waals surface area (Å²) in [4.78, 5) is 23.9. The molecule has 0 aliphatic heterocycles. The summed E-state index contributed by atoms with van der Waals surface area (Å²) in [7, 11) is 0. The van der Waals surface area contributed by atoms with Gasteiger partial charge in [0.05, 0.1) is 6.61 Å². The summed E-state index contributed by atoms with van der Waals surface area (Å²) in [5.41, 5.74) is 0. The molecule has 0 rings (SSSR count). The molecule has 0 aliphatic carbocycles. The summed E-state index contributed by atoms with van der Waals surface area (Å²) in [6, 6.07) is 0. The molecule has 0 spiro atoms. The first-order valence-corrected chi connectivity index (χ1v) is 14.4. The second-order valence-corrected chi connectivity index (χ2v) is 9.48. The van der Waals surface area contributed by atoms with Crippen molar-refractivity contribution in [3.05, 3.63) is 24.3 Å². The summed E-state index contributed by atoms with van der Waals surface area (Å²) in [6.07, 6.45) is 28.1. The molecule has 0 amide bonds. The van der Waals surface area contributed by atoms with Crippen LogP contribution in [0.5, 0.6) is 0 Å². The van der Waals surface area contributed by atoms with Gasteiger partial charge in [-0.05, 0) is 38.5 Å². The third kappa shape index (κ3) is 25.3. The topological polar surface area (TPSA) is 72.8 Å². The van der Waals surface area contributed by atoms with Gasteiger partial charge in [0.25, 0.3) is 0 Å². The van der Waals surface area contributed by atoms with E-state index in [2.05, 4.69) is 38.2 Å². The van der Waals surface area contributed by atoms with Gasteiger partial charge in [0.15, 0.2) is 6.10 Å². The van der Waals surface area contributed by atoms with Crippen molar-refractivity contribution in [2.45, 2.75) is 142 Å².